The summed E-state index contributed by atoms with van der Waals surface area (Å²) in [5.41, 5.74) is 2.38. The topological polar surface area (TPSA) is 51.0 Å². The Labute approximate surface area is 187 Å². The van der Waals surface area contributed by atoms with Crippen LogP contribution in [0.5, 0.6) is 5.75 Å². The monoisotopic (exact) mass is 550 g/mol. The number of rotatable bonds is 8. The number of nitrogens with zero attached hydrogens (tertiary/aromatic N) is 3. The van der Waals surface area contributed by atoms with Crippen LogP contribution in [0.25, 0.3) is 0 Å². The van der Waals surface area contributed by atoms with Gasteiger partial charge in [-0.15, -0.1) is 24.0 Å². The largest absolute Gasteiger partial charge is 0.491 e. The Kier molecular flexibility index (Phi) is 10.8. The van der Waals surface area contributed by atoms with E-state index in [1.807, 2.05) is 26.2 Å². The molecule has 1 aromatic carbocycles. The van der Waals surface area contributed by atoms with Crippen molar-refractivity contribution in [2.45, 2.75) is 13.1 Å². The molecule has 150 valence electrons. The SMILES string of the molecule is CN=C(NCc1ccc(OCCOC)cc1)N(C)Cc1cc(Br)cn1C.I. The van der Waals surface area contributed by atoms with Crippen molar-refractivity contribution >= 4 is 45.9 Å². The van der Waals surface area contributed by atoms with E-state index in [1.54, 1.807) is 14.2 Å². The second-order valence-corrected chi connectivity index (χ2v) is 6.92. The molecule has 0 fully saturated rings. The molecule has 6 nitrogen and oxygen atoms in total. The molecule has 2 aromatic rings. The highest BCUT2D eigenvalue weighted by molar-refractivity contribution is 14.0. The number of aryl methyl sites for hydroxylation is 1. The van der Waals surface area contributed by atoms with Gasteiger partial charge in [0.1, 0.15) is 12.4 Å². The first-order valence-corrected chi connectivity index (χ1v) is 9.26. The number of hydrogen-bond acceptors (Lipinski definition) is 3. The van der Waals surface area contributed by atoms with E-state index >= 15 is 0 Å². The van der Waals surface area contributed by atoms with Gasteiger partial charge in [-0.2, -0.15) is 0 Å². The third kappa shape index (κ3) is 7.71. The van der Waals surface area contributed by atoms with Crippen molar-refractivity contribution in [3.05, 3.63) is 52.3 Å². The van der Waals surface area contributed by atoms with Gasteiger partial charge in [0.2, 0.25) is 0 Å². The van der Waals surface area contributed by atoms with Gasteiger partial charge in [0.25, 0.3) is 0 Å². The summed E-state index contributed by atoms with van der Waals surface area (Å²) in [6.45, 7) is 2.62. The maximum Gasteiger partial charge on any atom is 0.194 e. The van der Waals surface area contributed by atoms with Crippen molar-refractivity contribution in [1.82, 2.24) is 14.8 Å². The molecule has 0 amide bonds. The summed E-state index contributed by atoms with van der Waals surface area (Å²) in [4.78, 5) is 6.48. The first kappa shape index (κ1) is 23.8. The Balaban J connectivity index is 0.00000364. The number of guanidine groups is 1. The van der Waals surface area contributed by atoms with Gasteiger partial charge in [0.05, 0.1) is 13.2 Å². The Bertz CT molecular complexity index is 719. The lowest BCUT2D eigenvalue weighted by atomic mass is 10.2. The van der Waals surface area contributed by atoms with E-state index in [2.05, 4.69) is 60.1 Å². The molecular formula is C19H28BrIN4O2. The van der Waals surface area contributed by atoms with Crippen LogP contribution in [0, 0.1) is 0 Å². The normalized spacial score (nSPS) is 11.1. The number of halogens is 2. The minimum Gasteiger partial charge on any atom is -0.491 e. The predicted octanol–water partition coefficient (Wildman–Crippen LogP) is 3.64. The highest BCUT2D eigenvalue weighted by Gasteiger charge is 2.09. The van der Waals surface area contributed by atoms with E-state index in [4.69, 9.17) is 9.47 Å². The molecule has 1 heterocycles. The molecule has 1 aromatic heterocycles. The third-order valence-electron chi connectivity index (χ3n) is 3.98. The number of nitrogens with one attached hydrogen (secondary N) is 1. The lowest BCUT2D eigenvalue weighted by molar-refractivity contribution is 0.146. The quantitative estimate of drug-likeness (QED) is 0.236. The van der Waals surface area contributed by atoms with Crippen LogP contribution in [0.4, 0.5) is 0 Å². The van der Waals surface area contributed by atoms with Gasteiger partial charge < -0.3 is 24.3 Å². The van der Waals surface area contributed by atoms with Gasteiger partial charge in [-0.1, -0.05) is 12.1 Å². The summed E-state index contributed by atoms with van der Waals surface area (Å²) >= 11 is 3.51. The van der Waals surface area contributed by atoms with E-state index in [9.17, 15) is 0 Å². The zero-order chi connectivity index (χ0) is 18.9. The predicted molar refractivity (Wildman–Crippen MR) is 124 cm³/mol. The van der Waals surface area contributed by atoms with Crippen LogP contribution in [-0.2, 0) is 24.9 Å². The number of methoxy groups -OCH3 is 1. The molecule has 0 spiro atoms. The van der Waals surface area contributed by atoms with Crippen LogP contribution in [0.3, 0.4) is 0 Å². The van der Waals surface area contributed by atoms with E-state index < -0.39 is 0 Å². The summed E-state index contributed by atoms with van der Waals surface area (Å²) in [5.74, 6) is 1.70. The van der Waals surface area contributed by atoms with Gasteiger partial charge >= 0.3 is 0 Å². The lowest BCUT2D eigenvalue weighted by Crippen LogP contribution is -2.38. The minimum atomic E-state index is 0. The number of aliphatic imine (C=N–C) groups is 1. The molecule has 8 heteroatoms. The Hall–Kier alpha value is -1.26. The number of ether oxygens (including phenoxy) is 2. The fourth-order valence-corrected chi connectivity index (χ4v) is 3.12. The molecule has 0 bridgehead atoms. The van der Waals surface area contributed by atoms with Crippen molar-refractivity contribution in [3.63, 3.8) is 0 Å². The molecule has 0 aliphatic heterocycles. The standard InChI is InChI=1S/C19H27BrN4O2.HI/c1-21-19(24(3)14-17-11-16(20)13-23(17)2)22-12-15-5-7-18(8-6-15)26-10-9-25-4;/h5-8,11,13H,9-10,12,14H2,1-4H3,(H,21,22);1H. The molecule has 0 aliphatic carbocycles. The van der Waals surface area contributed by atoms with E-state index in [1.165, 1.54) is 11.3 Å². The second-order valence-electron chi connectivity index (χ2n) is 6.00. The summed E-state index contributed by atoms with van der Waals surface area (Å²) in [5, 5.41) is 3.40. The highest BCUT2D eigenvalue weighted by atomic mass is 127. The summed E-state index contributed by atoms with van der Waals surface area (Å²) < 4.78 is 13.8. The van der Waals surface area contributed by atoms with Gasteiger partial charge in [-0.05, 0) is 39.7 Å². The Morgan fingerprint density at radius 1 is 1.26 bits per heavy atom. The van der Waals surface area contributed by atoms with Gasteiger partial charge in [0.15, 0.2) is 5.96 Å². The molecular weight excluding hydrogens is 523 g/mol. The fraction of sp³-hybridized carbons (Fsp3) is 0.421. The third-order valence-corrected chi connectivity index (χ3v) is 4.41. The molecule has 0 unspecified atom stereocenters. The number of hydrogen-bond donors (Lipinski definition) is 1. The van der Waals surface area contributed by atoms with Gasteiger partial charge in [-0.3, -0.25) is 4.99 Å². The van der Waals surface area contributed by atoms with Crippen LogP contribution in [0.2, 0.25) is 0 Å². The van der Waals surface area contributed by atoms with Crippen molar-refractivity contribution < 1.29 is 9.47 Å². The number of benzene rings is 1. The number of aromatic nitrogens is 1. The van der Waals surface area contributed by atoms with Crippen molar-refractivity contribution in [1.29, 1.82) is 0 Å². The first-order chi connectivity index (χ1) is 12.5. The first-order valence-electron chi connectivity index (χ1n) is 8.46. The summed E-state index contributed by atoms with van der Waals surface area (Å²) in [6, 6.07) is 10.2. The second kappa shape index (κ2) is 12.2. The zero-order valence-corrected chi connectivity index (χ0v) is 20.2. The van der Waals surface area contributed by atoms with Crippen molar-refractivity contribution in [3.8, 4) is 5.75 Å². The summed E-state index contributed by atoms with van der Waals surface area (Å²) in [6.07, 6.45) is 2.05. The summed E-state index contributed by atoms with van der Waals surface area (Å²) in [7, 11) is 7.54. The van der Waals surface area contributed by atoms with Crippen LogP contribution >= 0.6 is 39.9 Å². The average molecular weight is 551 g/mol. The molecule has 2 rings (SSSR count). The van der Waals surface area contributed by atoms with Gasteiger partial charge in [0, 0.05) is 51.2 Å². The fourth-order valence-electron chi connectivity index (χ4n) is 2.55. The Morgan fingerprint density at radius 2 is 1.96 bits per heavy atom. The van der Waals surface area contributed by atoms with Crippen LogP contribution in [0.15, 0.2) is 46.0 Å². The van der Waals surface area contributed by atoms with E-state index in [0.717, 1.165) is 22.7 Å². The molecule has 0 aliphatic rings. The average Bonchev–Trinajstić information content (AvgIpc) is 2.94. The maximum absolute atomic E-state index is 5.58. The van der Waals surface area contributed by atoms with Crippen LogP contribution < -0.4 is 10.1 Å². The van der Waals surface area contributed by atoms with Crippen LogP contribution in [0.1, 0.15) is 11.3 Å². The Morgan fingerprint density at radius 3 is 2.52 bits per heavy atom. The van der Waals surface area contributed by atoms with E-state index in [-0.39, 0.29) is 24.0 Å². The van der Waals surface area contributed by atoms with Crippen molar-refractivity contribution in [2.24, 2.45) is 12.0 Å². The molecule has 27 heavy (non-hydrogen) atoms. The zero-order valence-electron chi connectivity index (χ0n) is 16.2. The lowest BCUT2D eigenvalue weighted by Gasteiger charge is -2.22. The van der Waals surface area contributed by atoms with Crippen molar-refractivity contribution in [2.75, 3.05) is 34.4 Å². The smallest absolute Gasteiger partial charge is 0.194 e. The molecule has 0 saturated heterocycles. The molecule has 0 atom stereocenters. The molecule has 1 N–H and O–H groups in total. The van der Waals surface area contributed by atoms with Crippen LogP contribution in [-0.4, -0.2) is 49.8 Å². The van der Waals surface area contributed by atoms with E-state index in [0.29, 0.717) is 19.8 Å². The maximum atomic E-state index is 5.58. The molecule has 0 radical (unpaired) electrons. The highest BCUT2D eigenvalue weighted by Crippen LogP contribution is 2.15. The minimum absolute atomic E-state index is 0. The van der Waals surface area contributed by atoms with Gasteiger partial charge in [-0.25, -0.2) is 0 Å². The molecule has 0 saturated carbocycles.